The van der Waals surface area contributed by atoms with E-state index in [0.29, 0.717) is 11.4 Å². The Morgan fingerprint density at radius 2 is 1.90 bits per heavy atom. The van der Waals surface area contributed by atoms with Crippen LogP contribution in [0.1, 0.15) is 6.42 Å². The van der Waals surface area contributed by atoms with Gasteiger partial charge in [-0.3, -0.25) is 9.59 Å². The number of carbonyl (C=O) groups excluding carboxylic acids is 1. The molecule has 0 bridgehead atoms. The Morgan fingerprint density at radius 1 is 1.29 bits per heavy atom. The lowest BCUT2D eigenvalue weighted by Crippen LogP contribution is -2.34. The first kappa shape index (κ1) is 15.8. The molecule has 1 aliphatic rings. The monoisotopic (exact) mass is 331 g/mol. The van der Waals surface area contributed by atoms with E-state index in [-0.39, 0.29) is 18.0 Å². The molecule has 6 nitrogen and oxygen atoms in total. The minimum atomic E-state index is -3.75. The van der Waals surface area contributed by atoms with E-state index in [0.717, 1.165) is 0 Å². The summed E-state index contributed by atoms with van der Waals surface area (Å²) in [4.78, 5) is 24.1. The zero-order valence-corrected chi connectivity index (χ0v) is 12.6. The molecule has 1 aromatic carbocycles. The lowest BCUT2D eigenvalue weighted by molar-refractivity contribution is -0.141. The molecule has 0 radical (unpaired) electrons. The number of benzene rings is 1. The van der Waals surface area contributed by atoms with Crippen LogP contribution in [-0.4, -0.2) is 49.1 Å². The van der Waals surface area contributed by atoms with Gasteiger partial charge in [0.15, 0.2) is 9.84 Å². The van der Waals surface area contributed by atoms with Crippen LogP contribution in [0.2, 0.25) is 5.02 Å². The van der Waals surface area contributed by atoms with Gasteiger partial charge in [0.1, 0.15) is 5.75 Å². The minimum absolute atomic E-state index is 0.0224. The number of halogens is 1. The highest BCUT2D eigenvalue weighted by atomic mass is 35.5. The number of carbonyl (C=O) groups is 2. The van der Waals surface area contributed by atoms with Gasteiger partial charge in [0.05, 0.1) is 10.8 Å². The lowest BCUT2D eigenvalue weighted by Gasteiger charge is -2.15. The fourth-order valence-electron chi connectivity index (χ4n) is 2.17. The van der Waals surface area contributed by atoms with Gasteiger partial charge in [0.25, 0.3) is 0 Å². The van der Waals surface area contributed by atoms with E-state index < -0.39 is 33.4 Å². The Balaban J connectivity index is 2.05. The third kappa shape index (κ3) is 3.74. The van der Waals surface area contributed by atoms with Crippen molar-refractivity contribution in [2.24, 2.45) is 5.92 Å². The standard InChI is InChI=1S/C13H14ClNO5S/c14-10-1-3-11(4-2-10)21(19,20)8-12(16)15-6-5-9(7-15)13(17)18/h1-4,9H,5-8H2,(H,17,18). The molecule has 1 atom stereocenters. The van der Waals surface area contributed by atoms with Crippen molar-refractivity contribution in [3.05, 3.63) is 29.3 Å². The largest absolute Gasteiger partial charge is 0.481 e. The van der Waals surface area contributed by atoms with E-state index >= 15 is 0 Å². The summed E-state index contributed by atoms with van der Waals surface area (Å²) in [6.07, 6.45) is 0.349. The smallest absolute Gasteiger partial charge is 0.308 e. The number of aliphatic carboxylic acids is 1. The maximum absolute atomic E-state index is 12.1. The summed E-state index contributed by atoms with van der Waals surface area (Å²) in [7, 11) is -3.75. The number of hydrogen-bond acceptors (Lipinski definition) is 4. The van der Waals surface area contributed by atoms with E-state index in [1.54, 1.807) is 0 Å². The highest BCUT2D eigenvalue weighted by Gasteiger charge is 2.32. The second-order valence-corrected chi connectivity index (χ2v) is 7.30. The van der Waals surface area contributed by atoms with E-state index in [2.05, 4.69) is 0 Å². The number of carboxylic acid groups (broad SMARTS) is 1. The van der Waals surface area contributed by atoms with E-state index in [1.165, 1.54) is 29.2 Å². The predicted molar refractivity (Wildman–Crippen MR) is 75.8 cm³/mol. The summed E-state index contributed by atoms with van der Waals surface area (Å²) in [5.74, 6) is -2.83. The molecule has 1 aliphatic heterocycles. The molecular weight excluding hydrogens is 318 g/mol. The molecule has 1 unspecified atom stereocenters. The van der Waals surface area contributed by atoms with E-state index in [1.807, 2.05) is 0 Å². The van der Waals surface area contributed by atoms with Crippen LogP contribution in [0, 0.1) is 5.92 Å². The first-order valence-electron chi connectivity index (χ1n) is 6.28. The molecule has 1 fully saturated rings. The molecule has 0 aromatic heterocycles. The van der Waals surface area contributed by atoms with Crippen molar-refractivity contribution in [2.45, 2.75) is 11.3 Å². The molecule has 8 heteroatoms. The van der Waals surface area contributed by atoms with Crippen LogP contribution in [0.4, 0.5) is 0 Å². The SMILES string of the molecule is O=C(O)C1CCN(C(=O)CS(=O)(=O)c2ccc(Cl)cc2)C1. The number of carboxylic acids is 1. The zero-order valence-electron chi connectivity index (χ0n) is 11.0. The van der Waals surface area contributed by atoms with Crippen LogP contribution in [0.25, 0.3) is 0 Å². The maximum atomic E-state index is 12.1. The van der Waals surface area contributed by atoms with Crippen molar-refractivity contribution in [1.82, 2.24) is 4.90 Å². The van der Waals surface area contributed by atoms with Gasteiger partial charge in [0, 0.05) is 18.1 Å². The summed E-state index contributed by atoms with van der Waals surface area (Å²) in [5, 5.41) is 9.29. The topological polar surface area (TPSA) is 91.8 Å². The van der Waals surface area contributed by atoms with Gasteiger partial charge in [-0.25, -0.2) is 8.42 Å². The van der Waals surface area contributed by atoms with Crippen LogP contribution in [-0.2, 0) is 19.4 Å². The number of amides is 1. The summed E-state index contributed by atoms with van der Waals surface area (Å²) >= 11 is 5.69. The summed E-state index contributed by atoms with van der Waals surface area (Å²) < 4.78 is 24.2. The zero-order chi connectivity index (χ0) is 15.6. The van der Waals surface area contributed by atoms with E-state index in [9.17, 15) is 18.0 Å². The molecule has 1 N–H and O–H groups in total. The number of nitrogens with zero attached hydrogens (tertiary/aromatic N) is 1. The average molecular weight is 332 g/mol. The van der Waals surface area contributed by atoms with Gasteiger partial charge in [-0.05, 0) is 30.7 Å². The van der Waals surface area contributed by atoms with Gasteiger partial charge in [-0.2, -0.15) is 0 Å². The molecule has 0 spiro atoms. The van der Waals surface area contributed by atoms with Gasteiger partial charge in [-0.15, -0.1) is 0 Å². The molecule has 21 heavy (non-hydrogen) atoms. The van der Waals surface area contributed by atoms with Crippen LogP contribution in [0.3, 0.4) is 0 Å². The fourth-order valence-corrected chi connectivity index (χ4v) is 3.52. The molecule has 1 aromatic rings. The van der Waals surface area contributed by atoms with Crippen LogP contribution in [0.15, 0.2) is 29.2 Å². The second kappa shape index (κ2) is 6.03. The van der Waals surface area contributed by atoms with Crippen molar-refractivity contribution in [3.8, 4) is 0 Å². The van der Waals surface area contributed by atoms with Crippen molar-refractivity contribution in [1.29, 1.82) is 0 Å². The van der Waals surface area contributed by atoms with Crippen molar-refractivity contribution >= 4 is 33.3 Å². The van der Waals surface area contributed by atoms with Crippen LogP contribution in [0.5, 0.6) is 0 Å². The molecule has 0 saturated carbocycles. The molecule has 1 heterocycles. The number of rotatable bonds is 4. The third-order valence-electron chi connectivity index (χ3n) is 3.38. The van der Waals surface area contributed by atoms with Gasteiger partial charge in [-0.1, -0.05) is 11.6 Å². The Morgan fingerprint density at radius 3 is 2.43 bits per heavy atom. The van der Waals surface area contributed by atoms with Crippen molar-refractivity contribution < 1.29 is 23.1 Å². The highest BCUT2D eigenvalue weighted by Crippen LogP contribution is 2.19. The highest BCUT2D eigenvalue weighted by molar-refractivity contribution is 7.92. The second-order valence-electron chi connectivity index (χ2n) is 4.88. The predicted octanol–water partition coefficient (Wildman–Crippen LogP) is 1.05. The van der Waals surface area contributed by atoms with Gasteiger partial charge >= 0.3 is 5.97 Å². The quantitative estimate of drug-likeness (QED) is 0.890. The van der Waals surface area contributed by atoms with E-state index in [4.69, 9.17) is 16.7 Å². The minimum Gasteiger partial charge on any atom is -0.481 e. The number of hydrogen-bond donors (Lipinski definition) is 1. The number of likely N-dealkylation sites (tertiary alicyclic amines) is 1. The molecular formula is C13H14ClNO5S. The lowest BCUT2D eigenvalue weighted by atomic mass is 10.1. The fraction of sp³-hybridized carbons (Fsp3) is 0.385. The first-order chi connectivity index (χ1) is 9.79. The molecule has 114 valence electrons. The first-order valence-corrected chi connectivity index (χ1v) is 8.31. The molecule has 0 aliphatic carbocycles. The average Bonchev–Trinajstić information content (AvgIpc) is 2.88. The molecule has 2 rings (SSSR count). The third-order valence-corrected chi connectivity index (χ3v) is 5.25. The van der Waals surface area contributed by atoms with Crippen molar-refractivity contribution in [3.63, 3.8) is 0 Å². The number of sulfone groups is 1. The van der Waals surface area contributed by atoms with Crippen LogP contribution >= 0.6 is 11.6 Å². The maximum Gasteiger partial charge on any atom is 0.308 e. The molecule has 1 amide bonds. The Bertz CT molecular complexity index is 656. The van der Waals surface area contributed by atoms with Gasteiger partial charge < -0.3 is 10.0 Å². The van der Waals surface area contributed by atoms with Gasteiger partial charge in [0.2, 0.25) is 5.91 Å². The normalized spacial score (nSPS) is 18.7. The Kier molecular flexibility index (Phi) is 4.53. The molecule has 1 saturated heterocycles. The summed E-state index contributed by atoms with van der Waals surface area (Å²) in [5.41, 5.74) is 0. The summed E-state index contributed by atoms with van der Waals surface area (Å²) in [6.45, 7) is 0.330. The summed E-state index contributed by atoms with van der Waals surface area (Å²) in [6, 6.07) is 5.56. The Hall–Kier alpha value is -1.60. The Labute approximate surface area is 127 Å². The van der Waals surface area contributed by atoms with Crippen molar-refractivity contribution in [2.75, 3.05) is 18.8 Å². The van der Waals surface area contributed by atoms with Crippen LogP contribution < -0.4 is 0 Å².